The zero-order valence-electron chi connectivity index (χ0n) is 10.2. The van der Waals surface area contributed by atoms with Crippen molar-refractivity contribution in [1.82, 2.24) is 0 Å². The minimum atomic E-state index is -0.431. The van der Waals surface area contributed by atoms with E-state index in [1.807, 2.05) is 0 Å². The SMILES string of the molecule is CCN(CC1(O)CCC1)c1cccc(C)c1. The number of hydrogen-bond acceptors (Lipinski definition) is 2. The maximum Gasteiger partial charge on any atom is 0.0821 e. The van der Waals surface area contributed by atoms with E-state index in [0.29, 0.717) is 0 Å². The highest BCUT2D eigenvalue weighted by Crippen LogP contribution is 2.33. The summed E-state index contributed by atoms with van der Waals surface area (Å²) in [4.78, 5) is 2.27. The number of nitrogens with zero attached hydrogens (tertiary/aromatic N) is 1. The van der Waals surface area contributed by atoms with Crippen LogP contribution in [0.15, 0.2) is 24.3 Å². The van der Waals surface area contributed by atoms with Gasteiger partial charge >= 0.3 is 0 Å². The summed E-state index contributed by atoms with van der Waals surface area (Å²) in [6.07, 6.45) is 3.08. The van der Waals surface area contributed by atoms with Crippen molar-refractivity contribution in [3.63, 3.8) is 0 Å². The number of aliphatic hydroxyl groups is 1. The number of aryl methyl sites for hydroxylation is 1. The zero-order valence-corrected chi connectivity index (χ0v) is 10.2. The molecule has 1 fully saturated rings. The van der Waals surface area contributed by atoms with E-state index in [1.165, 1.54) is 17.7 Å². The Balaban J connectivity index is 2.10. The monoisotopic (exact) mass is 219 g/mol. The molecule has 0 saturated heterocycles. The number of anilines is 1. The standard InChI is InChI=1S/C14H21NO/c1-3-15(11-14(16)8-5-9-14)13-7-4-6-12(2)10-13/h4,6-7,10,16H,3,5,8-9,11H2,1-2H3. The van der Waals surface area contributed by atoms with E-state index in [-0.39, 0.29) is 0 Å². The fourth-order valence-corrected chi connectivity index (χ4v) is 2.31. The lowest BCUT2D eigenvalue weighted by molar-refractivity contribution is -0.0253. The van der Waals surface area contributed by atoms with Crippen molar-refractivity contribution in [1.29, 1.82) is 0 Å². The first-order valence-electron chi connectivity index (χ1n) is 6.17. The predicted molar refractivity (Wildman–Crippen MR) is 67.9 cm³/mol. The van der Waals surface area contributed by atoms with E-state index in [4.69, 9.17) is 0 Å². The molecule has 0 radical (unpaired) electrons. The van der Waals surface area contributed by atoms with Gasteiger partial charge in [0.05, 0.1) is 5.60 Å². The van der Waals surface area contributed by atoms with Crippen LogP contribution in [0, 0.1) is 6.92 Å². The van der Waals surface area contributed by atoms with Crippen LogP contribution in [0.4, 0.5) is 5.69 Å². The van der Waals surface area contributed by atoms with E-state index in [1.54, 1.807) is 0 Å². The molecule has 0 bridgehead atoms. The van der Waals surface area contributed by atoms with E-state index in [2.05, 4.69) is 43.0 Å². The molecule has 88 valence electrons. The van der Waals surface area contributed by atoms with Gasteiger partial charge in [0.2, 0.25) is 0 Å². The number of rotatable bonds is 4. The maximum absolute atomic E-state index is 10.2. The summed E-state index contributed by atoms with van der Waals surface area (Å²) in [6.45, 7) is 5.97. The summed E-state index contributed by atoms with van der Waals surface area (Å²) in [7, 11) is 0. The Morgan fingerprint density at radius 3 is 2.62 bits per heavy atom. The van der Waals surface area contributed by atoms with Crippen LogP contribution in [-0.2, 0) is 0 Å². The van der Waals surface area contributed by atoms with Crippen molar-refractivity contribution in [3.05, 3.63) is 29.8 Å². The number of likely N-dealkylation sites (N-methyl/N-ethyl adjacent to an activating group) is 1. The molecular formula is C14H21NO. The summed E-state index contributed by atoms with van der Waals surface area (Å²) < 4.78 is 0. The van der Waals surface area contributed by atoms with Crippen LogP contribution in [0.1, 0.15) is 31.7 Å². The molecule has 0 heterocycles. The van der Waals surface area contributed by atoms with Gasteiger partial charge in [-0.2, -0.15) is 0 Å². The molecule has 0 aromatic heterocycles. The molecule has 16 heavy (non-hydrogen) atoms. The quantitative estimate of drug-likeness (QED) is 0.841. The van der Waals surface area contributed by atoms with Gasteiger partial charge in [-0.25, -0.2) is 0 Å². The molecule has 1 aliphatic carbocycles. The Kier molecular flexibility index (Phi) is 3.20. The van der Waals surface area contributed by atoms with Crippen LogP contribution in [0.2, 0.25) is 0 Å². The molecule has 1 aromatic carbocycles. The molecule has 1 aromatic rings. The van der Waals surface area contributed by atoms with Gasteiger partial charge < -0.3 is 10.0 Å². The van der Waals surface area contributed by atoms with Crippen LogP contribution in [0.5, 0.6) is 0 Å². The first-order chi connectivity index (χ1) is 7.63. The lowest BCUT2D eigenvalue weighted by Crippen LogP contribution is -2.48. The highest BCUT2D eigenvalue weighted by atomic mass is 16.3. The van der Waals surface area contributed by atoms with Crippen molar-refractivity contribution in [3.8, 4) is 0 Å². The summed E-state index contributed by atoms with van der Waals surface area (Å²) in [6, 6.07) is 8.50. The largest absolute Gasteiger partial charge is 0.388 e. The average molecular weight is 219 g/mol. The molecule has 1 saturated carbocycles. The Bertz CT molecular complexity index is 358. The van der Waals surface area contributed by atoms with Crippen molar-refractivity contribution in [2.75, 3.05) is 18.0 Å². The van der Waals surface area contributed by atoms with Crippen LogP contribution in [0.25, 0.3) is 0 Å². The smallest absolute Gasteiger partial charge is 0.0821 e. The van der Waals surface area contributed by atoms with Crippen LogP contribution in [-0.4, -0.2) is 23.8 Å². The highest BCUT2D eigenvalue weighted by Gasteiger charge is 2.35. The summed E-state index contributed by atoms with van der Waals surface area (Å²) >= 11 is 0. The second-order valence-corrected chi connectivity index (χ2v) is 4.93. The highest BCUT2D eigenvalue weighted by molar-refractivity contribution is 5.48. The molecule has 0 amide bonds. The Hall–Kier alpha value is -1.02. The minimum absolute atomic E-state index is 0.431. The molecule has 2 rings (SSSR count). The second kappa shape index (κ2) is 4.46. The Morgan fingerprint density at radius 1 is 1.38 bits per heavy atom. The van der Waals surface area contributed by atoms with Gasteiger partial charge in [0.1, 0.15) is 0 Å². The van der Waals surface area contributed by atoms with Gasteiger partial charge in [-0.3, -0.25) is 0 Å². The fraction of sp³-hybridized carbons (Fsp3) is 0.571. The third-order valence-electron chi connectivity index (χ3n) is 3.52. The molecule has 0 spiro atoms. The number of benzene rings is 1. The number of hydrogen-bond donors (Lipinski definition) is 1. The molecule has 2 heteroatoms. The van der Waals surface area contributed by atoms with Gasteiger partial charge in [-0.15, -0.1) is 0 Å². The minimum Gasteiger partial charge on any atom is -0.388 e. The Morgan fingerprint density at radius 2 is 2.12 bits per heavy atom. The normalized spacial score (nSPS) is 17.9. The molecule has 2 nitrogen and oxygen atoms in total. The predicted octanol–water partition coefficient (Wildman–Crippen LogP) is 2.74. The van der Waals surface area contributed by atoms with Crippen molar-refractivity contribution >= 4 is 5.69 Å². The van der Waals surface area contributed by atoms with Gasteiger partial charge in [0.15, 0.2) is 0 Å². The van der Waals surface area contributed by atoms with Gasteiger partial charge in [-0.1, -0.05) is 12.1 Å². The third-order valence-corrected chi connectivity index (χ3v) is 3.52. The maximum atomic E-state index is 10.2. The first kappa shape index (κ1) is 11.5. The lowest BCUT2D eigenvalue weighted by atomic mass is 9.80. The lowest BCUT2D eigenvalue weighted by Gasteiger charge is -2.41. The fourth-order valence-electron chi connectivity index (χ4n) is 2.31. The Labute approximate surface area is 97.9 Å². The van der Waals surface area contributed by atoms with Gasteiger partial charge in [0.25, 0.3) is 0 Å². The van der Waals surface area contributed by atoms with Crippen LogP contribution < -0.4 is 4.90 Å². The molecule has 0 unspecified atom stereocenters. The molecule has 1 aliphatic rings. The molecule has 0 atom stereocenters. The third kappa shape index (κ3) is 2.38. The molecule has 1 N–H and O–H groups in total. The van der Waals surface area contributed by atoms with E-state index in [0.717, 1.165) is 25.9 Å². The van der Waals surface area contributed by atoms with Crippen molar-refractivity contribution in [2.45, 2.75) is 38.7 Å². The van der Waals surface area contributed by atoms with Crippen molar-refractivity contribution in [2.24, 2.45) is 0 Å². The second-order valence-electron chi connectivity index (χ2n) is 4.93. The van der Waals surface area contributed by atoms with Gasteiger partial charge in [-0.05, 0) is 50.8 Å². The summed E-state index contributed by atoms with van der Waals surface area (Å²) in [5.74, 6) is 0. The topological polar surface area (TPSA) is 23.5 Å². The molecule has 0 aliphatic heterocycles. The molecular weight excluding hydrogens is 198 g/mol. The van der Waals surface area contributed by atoms with E-state index < -0.39 is 5.60 Å². The first-order valence-corrected chi connectivity index (χ1v) is 6.17. The zero-order chi connectivity index (χ0) is 11.6. The van der Waals surface area contributed by atoms with Gasteiger partial charge in [0, 0.05) is 18.8 Å². The van der Waals surface area contributed by atoms with E-state index >= 15 is 0 Å². The van der Waals surface area contributed by atoms with Crippen LogP contribution >= 0.6 is 0 Å². The van der Waals surface area contributed by atoms with Crippen molar-refractivity contribution < 1.29 is 5.11 Å². The summed E-state index contributed by atoms with van der Waals surface area (Å²) in [5.41, 5.74) is 2.07. The summed E-state index contributed by atoms with van der Waals surface area (Å²) in [5, 5.41) is 10.2. The van der Waals surface area contributed by atoms with Crippen LogP contribution in [0.3, 0.4) is 0 Å². The van der Waals surface area contributed by atoms with E-state index in [9.17, 15) is 5.11 Å². The average Bonchev–Trinajstić information content (AvgIpc) is 2.23.